The highest BCUT2D eigenvalue weighted by molar-refractivity contribution is 5.65. The molecular formula is C14H26O3. The summed E-state index contributed by atoms with van der Waals surface area (Å²) in [6.07, 6.45) is 8.86. The molecule has 0 fully saturated rings. The molecule has 0 aliphatic heterocycles. The number of ether oxygens (including phenoxy) is 1. The largest absolute Gasteiger partial charge is 0.462 e. The van der Waals surface area contributed by atoms with Gasteiger partial charge in [0.2, 0.25) is 0 Å². The normalized spacial score (nSPS) is 9.47. The van der Waals surface area contributed by atoms with Gasteiger partial charge in [0.05, 0.1) is 0 Å². The summed E-state index contributed by atoms with van der Waals surface area (Å²) in [5.41, 5.74) is 1.43. The van der Waals surface area contributed by atoms with Gasteiger partial charge < -0.3 is 9.84 Å². The maximum absolute atomic E-state index is 10.2. The van der Waals surface area contributed by atoms with Gasteiger partial charge in [-0.05, 0) is 26.7 Å². The minimum absolute atomic E-state index is 0.135. The quantitative estimate of drug-likeness (QED) is 0.574. The summed E-state index contributed by atoms with van der Waals surface area (Å²) < 4.78 is 4.58. The van der Waals surface area contributed by atoms with Crippen LogP contribution < -0.4 is 0 Å². The molecule has 0 aromatic rings. The van der Waals surface area contributed by atoms with Gasteiger partial charge in [0, 0.05) is 13.5 Å². The molecule has 0 bridgehead atoms. The first kappa shape index (κ1) is 18.3. The molecule has 0 aromatic carbocycles. The molecule has 0 heterocycles. The van der Waals surface area contributed by atoms with E-state index in [1.807, 2.05) is 0 Å². The number of aliphatic hydroxyl groups is 1. The standard InChI is InChI=1S/C7H12O3.C7H14/c1-7(9)10-6-4-2-3-5-8;1-4-5-6-7(2)3/h2,4,8H,3,5-6H2,1H3;6H,4-5H2,1-3H3. The van der Waals surface area contributed by atoms with E-state index in [4.69, 9.17) is 5.11 Å². The van der Waals surface area contributed by atoms with Crippen molar-refractivity contribution < 1.29 is 14.6 Å². The molecule has 0 radical (unpaired) electrons. The Balaban J connectivity index is 0. The lowest BCUT2D eigenvalue weighted by molar-refractivity contribution is -0.139. The van der Waals surface area contributed by atoms with Crippen molar-refractivity contribution in [1.82, 2.24) is 0 Å². The van der Waals surface area contributed by atoms with E-state index in [0.29, 0.717) is 13.0 Å². The number of aliphatic hydroxyl groups excluding tert-OH is 1. The SMILES string of the molecule is CC(=O)OCC=CCCO.CCCC=C(C)C. The summed E-state index contributed by atoms with van der Waals surface area (Å²) in [6.45, 7) is 8.26. The molecule has 0 saturated heterocycles. The van der Waals surface area contributed by atoms with E-state index in [0.717, 1.165) is 0 Å². The summed E-state index contributed by atoms with van der Waals surface area (Å²) in [5, 5.41) is 8.32. The van der Waals surface area contributed by atoms with Crippen molar-refractivity contribution in [3.05, 3.63) is 23.8 Å². The van der Waals surface area contributed by atoms with Crippen LogP contribution in [0.3, 0.4) is 0 Å². The third kappa shape index (κ3) is 25.3. The van der Waals surface area contributed by atoms with Crippen LogP contribution in [-0.4, -0.2) is 24.3 Å². The molecule has 0 spiro atoms. The number of carbonyl (C=O) groups is 1. The Kier molecular flexibility index (Phi) is 16.0. The van der Waals surface area contributed by atoms with E-state index < -0.39 is 0 Å². The van der Waals surface area contributed by atoms with Gasteiger partial charge >= 0.3 is 5.97 Å². The molecule has 0 rings (SSSR count). The number of rotatable bonds is 6. The monoisotopic (exact) mass is 242 g/mol. The third-order valence-electron chi connectivity index (χ3n) is 1.69. The zero-order valence-electron chi connectivity index (χ0n) is 11.5. The average Bonchev–Trinajstić information content (AvgIpc) is 2.26. The Morgan fingerprint density at radius 1 is 1.18 bits per heavy atom. The first-order valence-corrected chi connectivity index (χ1v) is 6.07. The van der Waals surface area contributed by atoms with Crippen molar-refractivity contribution in [3.63, 3.8) is 0 Å². The van der Waals surface area contributed by atoms with Crippen molar-refractivity contribution in [2.45, 2.75) is 47.0 Å². The summed E-state index contributed by atoms with van der Waals surface area (Å²) in [5.74, 6) is -0.284. The van der Waals surface area contributed by atoms with Gasteiger partial charge in [0.25, 0.3) is 0 Å². The van der Waals surface area contributed by atoms with E-state index >= 15 is 0 Å². The highest BCUT2D eigenvalue weighted by atomic mass is 16.5. The lowest BCUT2D eigenvalue weighted by Gasteiger charge is -1.93. The van der Waals surface area contributed by atoms with Crippen LogP contribution in [0, 0.1) is 0 Å². The van der Waals surface area contributed by atoms with Gasteiger partial charge in [-0.3, -0.25) is 4.79 Å². The Morgan fingerprint density at radius 2 is 1.82 bits per heavy atom. The predicted octanol–water partition coefficient (Wildman–Crippen LogP) is 3.24. The Labute approximate surface area is 105 Å². The molecule has 0 unspecified atom stereocenters. The molecule has 0 atom stereocenters. The van der Waals surface area contributed by atoms with Crippen LogP contribution in [0.25, 0.3) is 0 Å². The maximum Gasteiger partial charge on any atom is 0.302 e. The fourth-order valence-electron chi connectivity index (χ4n) is 0.859. The van der Waals surface area contributed by atoms with Crippen LogP contribution >= 0.6 is 0 Å². The van der Waals surface area contributed by atoms with Crippen LogP contribution in [0.1, 0.15) is 47.0 Å². The second kappa shape index (κ2) is 14.9. The minimum atomic E-state index is -0.284. The van der Waals surface area contributed by atoms with Crippen LogP contribution in [-0.2, 0) is 9.53 Å². The Hall–Kier alpha value is -1.09. The highest BCUT2D eigenvalue weighted by Crippen LogP contribution is 1.94. The van der Waals surface area contributed by atoms with Gasteiger partial charge in [-0.25, -0.2) is 0 Å². The van der Waals surface area contributed by atoms with Crippen LogP contribution in [0.15, 0.2) is 23.8 Å². The van der Waals surface area contributed by atoms with Crippen molar-refractivity contribution in [3.8, 4) is 0 Å². The predicted molar refractivity (Wildman–Crippen MR) is 71.8 cm³/mol. The Morgan fingerprint density at radius 3 is 2.18 bits per heavy atom. The van der Waals surface area contributed by atoms with Crippen LogP contribution in [0.5, 0.6) is 0 Å². The lowest BCUT2D eigenvalue weighted by Crippen LogP contribution is -1.97. The smallest absolute Gasteiger partial charge is 0.302 e. The lowest BCUT2D eigenvalue weighted by atomic mass is 10.2. The molecule has 1 N–H and O–H groups in total. The topological polar surface area (TPSA) is 46.5 Å². The summed E-state index contributed by atoms with van der Waals surface area (Å²) in [4.78, 5) is 10.2. The molecule has 0 amide bonds. The summed E-state index contributed by atoms with van der Waals surface area (Å²) in [7, 11) is 0. The first-order chi connectivity index (χ1) is 8.04. The van der Waals surface area contributed by atoms with E-state index in [9.17, 15) is 4.79 Å². The molecule has 0 aliphatic carbocycles. The van der Waals surface area contributed by atoms with Gasteiger partial charge in [-0.2, -0.15) is 0 Å². The molecule has 3 heteroatoms. The number of esters is 1. The first-order valence-electron chi connectivity index (χ1n) is 6.07. The third-order valence-corrected chi connectivity index (χ3v) is 1.69. The molecule has 100 valence electrons. The average molecular weight is 242 g/mol. The zero-order valence-corrected chi connectivity index (χ0v) is 11.5. The van der Waals surface area contributed by atoms with E-state index in [1.165, 1.54) is 25.3 Å². The number of hydrogen-bond donors (Lipinski definition) is 1. The second-order valence-electron chi connectivity index (χ2n) is 3.86. The van der Waals surface area contributed by atoms with Crippen molar-refractivity contribution in [2.75, 3.05) is 13.2 Å². The van der Waals surface area contributed by atoms with Gasteiger partial charge in [0.1, 0.15) is 6.61 Å². The molecule has 3 nitrogen and oxygen atoms in total. The number of allylic oxidation sites excluding steroid dienone is 2. The van der Waals surface area contributed by atoms with Crippen LogP contribution in [0.4, 0.5) is 0 Å². The fraction of sp³-hybridized carbons (Fsp3) is 0.643. The summed E-state index contributed by atoms with van der Waals surface area (Å²) >= 11 is 0. The van der Waals surface area contributed by atoms with Crippen molar-refractivity contribution in [1.29, 1.82) is 0 Å². The fourth-order valence-corrected chi connectivity index (χ4v) is 0.859. The van der Waals surface area contributed by atoms with Gasteiger partial charge in [-0.15, -0.1) is 0 Å². The van der Waals surface area contributed by atoms with E-state index in [1.54, 1.807) is 12.2 Å². The van der Waals surface area contributed by atoms with E-state index in [-0.39, 0.29) is 12.6 Å². The number of hydrogen-bond acceptors (Lipinski definition) is 3. The highest BCUT2D eigenvalue weighted by Gasteiger charge is 1.85. The molecule has 17 heavy (non-hydrogen) atoms. The van der Waals surface area contributed by atoms with Gasteiger partial charge in [-0.1, -0.05) is 37.1 Å². The molecule has 0 aromatic heterocycles. The molecule has 0 saturated carbocycles. The minimum Gasteiger partial charge on any atom is -0.462 e. The maximum atomic E-state index is 10.2. The van der Waals surface area contributed by atoms with Crippen molar-refractivity contribution in [2.24, 2.45) is 0 Å². The molecular weight excluding hydrogens is 216 g/mol. The second-order valence-corrected chi connectivity index (χ2v) is 3.86. The van der Waals surface area contributed by atoms with E-state index in [2.05, 4.69) is 31.6 Å². The van der Waals surface area contributed by atoms with Gasteiger partial charge in [0.15, 0.2) is 0 Å². The number of unbranched alkanes of at least 4 members (excludes halogenated alkanes) is 1. The summed E-state index contributed by atoms with van der Waals surface area (Å²) in [6, 6.07) is 0. The molecule has 0 aliphatic rings. The van der Waals surface area contributed by atoms with Crippen LogP contribution in [0.2, 0.25) is 0 Å². The Bertz CT molecular complexity index is 226. The number of carbonyl (C=O) groups excluding carboxylic acids is 1. The van der Waals surface area contributed by atoms with Crippen molar-refractivity contribution >= 4 is 5.97 Å². The zero-order chi connectivity index (χ0) is 13.5.